The van der Waals surface area contributed by atoms with Crippen LogP contribution in [0.4, 0.5) is 0 Å². The Balaban J connectivity index is 1.52. The number of ether oxygens (including phenoxy) is 1. The van der Waals surface area contributed by atoms with Crippen molar-refractivity contribution in [3.63, 3.8) is 0 Å². The summed E-state index contributed by atoms with van der Waals surface area (Å²) in [6, 6.07) is 17.3. The van der Waals surface area contributed by atoms with Gasteiger partial charge in [0.15, 0.2) is 0 Å². The number of rotatable bonds is 7. The fraction of sp³-hybridized carbons (Fsp3) is 0.364. The molecule has 2 heteroatoms. The summed E-state index contributed by atoms with van der Waals surface area (Å²) in [6.45, 7) is 8.40. The van der Waals surface area contributed by atoms with E-state index in [0.717, 1.165) is 31.7 Å². The monoisotopic (exact) mass is 321 g/mol. The molecular formula is C22H27NO. The molecule has 0 unspecified atom stereocenters. The van der Waals surface area contributed by atoms with Gasteiger partial charge in [-0.15, -0.1) is 0 Å². The summed E-state index contributed by atoms with van der Waals surface area (Å²) in [4.78, 5) is 0. The topological polar surface area (TPSA) is 14.2 Å². The molecule has 2 aromatic carbocycles. The number of unbranched alkanes of at least 4 members (excludes halogenated alkanes) is 1. The first-order valence-electron chi connectivity index (χ1n) is 8.92. The van der Waals surface area contributed by atoms with Gasteiger partial charge in [0.2, 0.25) is 0 Å². The Labute approximate surface area is 145 Å². The molecule has 3 aromatic rings. The van der Waals surface area contributed by atoms with Crippen LogP contribution < -0.4 is 4.74 Å². The van der Waals surface area contributed by atoms with Crippen molar-refractivity contribution in [2.75, 3.05) is 6.61 Å². The van der Waals surface area contributed by atoms with Gasteiger partial charge in [-0.25, -0.2) is 0 Å². The normalized spacial score (nSPS) is 11.3. The summed E-state index contributed by atoms with van der Waals surface area (Å²) in [7, 11) is 0. The third-order valence-electron chi connectivity index (χ3n) is 4.61. The molecule has 0 amide bonds. The maximum atomic E-state index is 5.88. The van der Waals surface area contributed by atoms with Gasteiger partial charge in [-0.2, -0.15) is 0 Å². The van der Waals surface area contributed by atoms with Gasteiger partial charge in [0.25, 0.3) is 0 Å². The zero-order chi connectivity index (χ0) is 16.9. The zero-order valence-corrected chi connectivity index (χ0v) is 15.0. The summed E-state index contributed by atoms with van der Waals surface area (Å²) in [5.74, 6) is 1.58. The predicted molar refractivity (Wildman–Crippen MR) is 102 cm³/mol. The van der Waals surface area contributed by atoms with Gasteiger partial charge in [-0.1, -0.05) is 38.1 Å². The molecule has 0 aliphatic heterocycles. The van der Waals surface area contributed by atoms with Crippen molar-refractivity contribution in [3.05, 3.63) is 65.9 Å². The average Bonchev–Trinajstić information content (AvgIpc) is 2.98. The summed E-state index contributed by atoms with van der Waals surface area (Å²) in [5.41, 5.74) is 3.95. The van der Waals surface area contributed by atoms with Crippen LogP contribution in [0.2, 0.25) is 0 Å². The summed E-state index contributed by atoms with van der Waals surface area (Å²) in [6.07, 6.45) is 4.40. The molecule has 0 N–H and O–H groups in total. The first-order chi connectivity index (χ1) is 11.6. The Morgan fingerprint density at radius 1 is 1.00 bits per heavy atom. The van der Waals surface area contributed by atoms with E-state index in [2.05, 4.69) is 61.9 Å². The molecule has 24 heavy (non-hydrogen) atoms. The van der Waals surface area contributed by atoms with Crippen molar-refractivity contribution in [1.82, 2.24) is 4.57 Å². The Morgan fingerprint density at radius 3 is 2.62 bits per heavy atom. The second-order valence-electron chi connectivity index (χ2n) is 6.80. The number of aryl methyl sites for hydroxylation is 2. The largest absolute Gasteiger partial charge is 0.493 e. The standard InChI is InChI=1S/C22H27NO/c1-17(2)19-10-11-21-20(16-19)12-14-23(21)13-6-7-15-24-22-9-5-4-8-18(22)3/h4-5,8-12,14,16-17H,6-7,13,15H2,1-3H3. The highest BCUT2D eigenvalue weighted by molar-refractivity contribution is 5.81. The third kappa shape index (κ3) is 3.81. The first-order valence-corrected chi connectivity index (χ1v) is 8.92. The van der Waals surface area contributed by atoms with E-state index in [1.165, 1.54) is 22.0 Å². The maximum Gasteiger partial charge on any atom is 0.122 e. The van der Waals surface area contributed by atoms with E-state index in [9.17, 15) is 0 Å². The molecule has 126 valence electrons. The zero-order valence-electron chi connectivity index (χ0n) is 15.0. The van der Waals surface area contributed by atoms with Crippen molar-refractivity contribution in [1.29, 1.82) is 0 Å². The Bertz CT molecular complexity index is 801. The highest BCUT2D eigenvalue weighted by Gasteiger charge is 2.05. The molecule has 1 aromatic heterocycles. The van der Waals surface area contributed by atoms with Crippen LogP contribution >= 0.6 is 0 Å². The summed E-state index contributed by atoms with van der Waals surface area (Å²) < 4.78 is 8.23. The smallest absolute Gasteiger partial charge is 0.122 e. The number of benzene rings is 2. The summed E-state index contributed by atoms with van der Waals surface area (Å²) in [5, 5.41) is 1.34. The van der Waals surface area contributed by atoms with Crippen molar-refractivity contribution in [2.45, 2.75) is 46.1 Å². The lowest BCUT2D eigenvalue weighted by molar-refractivity contribution is 0.301. The van der Waals surface area contributed by atoms with E-state index in [1.807, 2.05) is 18.2 Å². The molecule has 0 bridgehead atoms. The van der Waals surface area contributed by atoms with Crippen LogP contribution in [0, 0.1) is 6.92 Å². The van der Waals surface area contributed by atoms with Gasteiger partial charge in [-0.3, -0.25) is 0 Å². The van der Waals surface area contributed by atoms with Crippen molar-refractivity contribution >= 4 is 10.9 Å². The van der Waals surface area contributed by atoms with E-state index < -0.39 is 0 Å². The van der Waals surface area contributed by atoms with Gasteiger partial charge in [-0.05, 0) is 66.5 Å². The van der Waals surface area contributed by atoms with Crippen LogP contribution in [-0.4, -0.2) is 11.2 Å². The minimum absolute atomic E-state index is 0.580. The Hall–Kier alpha value is -2.22. The number of fused-ring (bicyclic) bond motifs is 1. The minimum atomic E-state index is 0.580. The van der Waals surface area contributed by atoms with Crippen LogP contribution in [0.3, 0.4) is 0 Å². The van der Waals surface area contributed by atoms with Crippen molar-refractivity contribution in [2.24, 2.45) is 0 Å². The number of hydrogen-bond donors (Lipinski definition) is 0. The molecule has 0 fully saturated rings. The van der Waals surface area contributed by atoms with Gasteiger partial charge in [0.05, 0.1) is 6.61 Å². The van der Waals surface area contributed by atoms with Crippen molar-refractivity contribution < 1.29 is 4.74 Å². The van der Waals surface area contributed by atoms with Gasteiger partial charge in [0, 0.05) is 18.3 Å². The van der Waals surface area contributed by atoms with Crippen LogP contribution in [0.25, 0.3) is 10.9 Å². The molecule has 0 radical (unpaired) electrons. The molecule has 0 aliphatic rings. The van der Waals surface area contributed by atoms with E-state index in [4.69, 9.17) is 4.74 Å². The molecule has 3 rings (SSSR count). The van der Waals surface area contributed by atoms with Crippen LogP contribution in [0.1, 0.15) is 43.7 Å². The number of aromatic nitrogens is 1. The molecular weight excluding hydrogens is 294 g/mol. The third-order valence-corrected chi connectivity index (χ3v) is 4.61. The lowest BCUT2D eigenvalue weighted by Crippen LogP contribution is -2.02. The molecule has 2 nitrogen and oxygen atoms in total. The quantitative estimate of drug-likeness (QED) is 0.492. The van der Waals surface area contributed by atoms with Crippen LogP contribution in [0.15, 0.2) is 54.7 Å². The Kier molecular flexibility index (Phi) is 5.24. The molecule has 0 atom stereocenters. The second kappa shape index (κ2) is 7.57. The molecule has 0 spiro atoms. The molecule has 0 saturated carbocycles. The van der Waals surface area contributed by atoms with Gasteiger partial charge < -0.3 is 9.30 Å². The average molecular weight is 321 g/mol. The van der Waals surface area contributed by atoms with Gasteiger partial charge in [0.1, 0.15) is 5.75 Å². The van der Waals surface area contributed by atoms with Gasteiger partial charge >= 0.3 is 0 Å². The highest BCUT2D eigenvalue weighted by Crippen LogP contribution is 2.23. The van der Waals surface area contributed by atoms with E-state index in [-0.39, 0.29) is 0 Å². The number of hydrogen-bond acceptors (Lipinski definition) is 1. The molecule has 0 saturated heterocycles. The molecule has 1 heterocycles. The lowest BCUT2D eigenvalue weighted by atomic mass is 10.0. The Morgan fingerprint density at radius 2 is 1.83 bits per heavy atom. The number of nitrogens with zero attached hydrogens (tertiary/aromatic N) is 1. The van der Waals surface area contributed by atoms with E-state index in [0.29, 0.717) is 5.92 Å². The SMILES string of the molecule is Cc1ccccc1OCCCCn1ccc2cc(C(C)C)ccc21. The van der Waals surface area contributed by atoms with Crippen LogP contribution in [0.5, 0.6) is 5.75 Å². The summed E-state index contributed by atoms with van der Waals surface area (Å²) >= 11 is 0. The highest BCUT2D eigenvalue weighted by atomic mass is 16.5. The second-order valence-corrected chi connectivity index (χ2v) is 6.80. The lowest BCUT2D eigenvalue weighted by Gasteiger charge is -2.10. The van der Waals surface area contributed by atoms with E-state index >= 15 is 0 Å². The van der Waals surface area contributed by atoms with Crippen LogP contribution in [-0.2, 0) is 6.54 Å². The molecule has 0 aliphatic carbocycles. The predicted octanol–water partition coefficient (Wildman–Crippen LogP) is 5.93. The fourth-order valence-corrected chi connectivity index (χ4v) is 3.06. The van der Waals surface area contributed by atoms with E-state index in [1.54, 1.807) is 0 Å². The minimum Gasteiger partial charge on any atom is -0.493 e. The fourth-order valence-electron chi connectivity index (χ4n) is 3.06. The number of para-hydroxylation sites is 1. The maximum absolute atomic E-state index is 5.88. The van der Waals surface area contributed by atoms with Crippen molar-refractivity contribution in [3.8, 4) is 5.75 Å². The first kappa shape index (κ1) is 16.6.